The minimum atomic E-state index is 0.0106. The van der Waals surface area contributed by atoms with Gasteiger partial charge in [0, 0.05) is 17.2 Å². The molecule has 0 aromatic heterocycles. The number of aryl methyl sites for hydroxylation is 1. The molecule has 1 aromatic rings. The predicted octanol–water partition coefficient (Wildman–Crippen LogP) is 2.61. The van der Waals surface area contributed by atoms with Gasteiger partial charge in [-0.1, -0.05) is 37.7 Å². The third-order valence-electron chi connectivity index (χ3n) is 3.96. The van der Waals surface area contributed by atoms with Crippen LogP contribution in [0.4, 0.5) is 0 Å². The molecular formula is C18H24N2O. The maximum absolute atomic E-state index is 12.5. The normalized spacial score (nSPS) is 15.0. The van der Waals surface area contributed by atoms with E-state index in [4.69, 9.17) is 5.73 Å². The first kappa shape index (κ1) is 15.6. The Bertz CT molecular complexity index is 564. The van der Waals surface area contributed by atoms with Crippen LogP contribution in [0.1, 0.15) is 54.1 Å². The molecule has 0 heterocycles. The summed E-state index contributed by atoms with van der Waals surface area (Å²) >= 11 is 0. The van der Waals surface area contributed by atoms with Crippen LogP contribution in [0.5, 0.6) is 0 Å². The second kappa shape index (κ2) is 7.28. The first-order chi connectivity index (χ1) is 10.1. The van der Waals surface area contributed by atoms with E-state index >= 15 is 0 Å². The van der Waals surface area contributed by atoms with E-state index < -0.39 is 0 Å². The maximum atomic E-state index is 12.5. The Morgan fingerprint density at radius 3 is 2.86 bits per heavy atom. The minimum Gasteiger partial charge on any atom is -0.349 e. The number of nitrogens with one attached hydrogen (secondary N) is 1. The number of benzene rings is 1. The number of carbonyl (C=O) groups excluding carboxylic acids is 1. The number of rotatable bonds is 5. The lowest BCUT2D eigenvalue weighted by atomic mass is 10.0. The fourth-order valence-electron chi connectivity index (χ4n) is 2.44. The molecule has 1 aliphatic carbocycles. The molecule has 1 amide bonds. The summed E-state index contributed by atoms with van der Waals surface area (Å²) in [6.45, 7) is 4.41. The molecule has 112 valence electrons. The largest absolute Gasteiger partial charge is 0.349 e. The van der Waals surface area contributed by atoms with Crippen molar-refractivity contribution in [2.24, 2.45) is 11.7 Å². The minimum absolute atomic E-state index is 0.0106. The van der Waals surface area contributed by atoms with E-state index in [1.54, 1.807) is 0 Å². The van der Waals surface area contributed by atoms with Gasteiger partial charge in [0.25, 0.3) is 5.91 Å². The molecule has 2 rings (SSSR count). The zero-order chi connectivity index (χ0) is 15.2. The van der Waals surface area contributed by atoms with E-state index in [-0.39, 0.29) is 11.9 Å². The molecule has 1 aliphatic rings. The smallest absolute Gasteiger partial charge is 0.251 e. The predicted molar refractivity (Wildman–Crippen MR) is 86.0 cm³/mol. The number of amides is 1. The molecule has 1 saturated carbocycles. The molecule has 1 fully saturated rings. The van der Waals surface area contributed by atoms with E-state index in [9.17, 15) is 4.79 Å². The highest BCUT2D eigenvalue weighted by atomic mass is 16.1. The summed E-state index contributed by atoms with van der Waals surface area (Å²) in [5, 5.41) is 3.17. The Balaban J connectivity index is 2.09. The van der Waals surface area contributed by atoms with Crippen LogP contribution in [0.15, 0.2) is 18.2 Å². The van der Waals surface area contributed by atoms with Crippen LogP contribution in [0.25, 0.3) is 0 Å². The lowest BCUT2D eigenvalue weighted by Crippen LogP contribution is -2.35. The van der Waals surface area contributed by atoms with Crippen molar-refractivity contribution in [1.82, 2.24) is 5.32 Å². The molecule has 0 aliphatic heterocycles. The fourth-order valence-corrected chi connectivity index (χ4v) is 2.44. The standard InChI is InChI=1S/C18H24N2O/c1-3-16(11-15-8-9-15)20-18(21)17-12-14(5-4-10-19)7-6-13(17)2/h6-7,12,15-16H,3,8-11,19H2,1-2H3,(H,20,21). The molecule has 1 aromatic carbocycles. The molecule has 0 spiro atoms. The molecule has 3 nitrogen and oxygen atoms in total. The van der Waals surface area contributed by atoms with E-state index in [2.05, 4.69) is 24.1 Å². The van der Waals surface area contributed by atoms with E-state index in [0.29, 0.717) is 12.1 Å². The van der Waals surface area contributed by atoms with Gasteiger partial charge in [0.05, 0.1) is 6.54 Å². The Labute approximate surface area is 127 Å². The molecule has 1 atom stereocenters. The Morgan fingerprint density at radius 1 is 1.48 bits per heavy atom. The monoisotopic (exact) mass is 284 g/mol. The van der Waals surface area contributed by atoms with Crippen molar-refractivity contribution in [2.75, 3.05) is 6.54 Å². The zero-order valence-corrected chi connectivity index (χ0v) is 12.9. The van der Waals surface area contributed by atoms with Crippen molar-refractivity contribution >= 4 is 5.91 Å². The van der Waals surface area contributed by atoms with Crippen molar-refractivity contribution in [3.8, 4) is 11.8 Å². The Hall–Kier alpha value is -1.79. The van der Waals surface area contributed by atoms with E-state index in [1.807, 2.05) is 25.1 Å². The highest BCUT2D eigenvalue weighted by molar-refractivity contribution is 5.96. The summed E-state index contributed by atoms with van der Waals surface area (Å²) in [4.78, 5) is 12.5. The second-order valence-electron chi connectivity index (χ2n) is 5.79. The van der Waals surface area contributed by atoms with Crippen LogP contribution < -0.4 is 11.1 Å². The summed E-state index contributed by atoms with van der Waals surface area (Å²) in [5.41, 5.74) is 7.92. The van der Waals surface area contributed by atoms with Crippen molar-refractivity contribution in [3.05, 3.63) is 34.9 Å². The van der Waals surface area contributed by atoms with Crippen molar-refractivity contribution in [2.45, 2.75) is 45.6 Å². The Morgan fingerprint density at radius 2 is 2.24 bits per heavy atom. The SMILES string of the molecule is CCC(CC1CC1)NC(=O)c1cc(C#CCN)ccc1C. The number of carbonyl (C=O) groups is 1. The molecular weight excluding hydrogens is 260 g/mol. The van der Waals surface area contributed by atoms with Crippen LogP contribution in [0.2, 0.25) is 0 Å². The van der Waals surface area contributed by atoms with Gasteiger partial charge in [0.15, 0.2) is 0 Å². The lowest BCUT2D eigenvalue weighted by Gasteiger charge is -2.17. The third kappa shape index (κ3) is 4.61. The van der Waals surface area contributed by atoms with Gasteiger partial charge in [-0.2, -0.15) is 0 Å². The first-order valence-electron chi connectivity index (χ1n) is 7.74. The second-order valence-corrected chi connectivity index (χ2v) is 5.79. The summed E-state index contributed by atoms with van der Waals surface area (Å²) < 4.78 is 0. The van der Waals surface area contributed by atoms with Crippen LogP contribution in [0.3, 0.4) is 0 Å². The summed E-state index contributed by atoms with van der Waals surface area (Å²) in [7, 11) is 0. The average molecular weight is 284 g/mol. The molecule has 3 heteroatoms. The maximum Gasteiger partial charge on any atom is 0.251 e. The van der Waals surface area contributed by atoms with Gasteiger partial charge in [-0.05, 0) is 43.4 Å². The molecule has 0 radical (unpaired) electrons. The molecule has 1 unspecified atom stereocenters. The van der Waals surface area contributed by atoms with Gasteiger partial charge in [-0.15, -0.1) is 0 Å². The average Bonchev–Trinajstić information content (AvgIpc) is 3.29. The summed E-state index contributed by atoms with van der Waals surface area (Å²) in [6.07, 6.45) is 4.72. The van der Waals surface area contributed by atoms with Crippen molar-refractivity contribution in [1.29, 1.82) is 0 Å². The molecule has 21 heavy (non-hydrogen) atoms. The van der Waals surface area contributed by atoms with Gasteiger partial charge >= 0.3 is 0 Å². The zero-order valence-electron chi connectivity index (χ0n) is 12.9. The van der Waals surface area contributed by atoms with Crippen LogP contribution in [-0.4, -0.2) is 18.5 Å². The topological polar surface area (TPSA) is 55.1 Å². The quantitative estimate of drug-likeness (QED) is 0.817. The fraction of sp³-hybridized carbons (Fsp3) is 0.500. The number of hydrogen-bond acceptors (Lipinski definition) is 2. The lowest BCUT2D eigenvalue weighted by molar-refractivity contribution is 0.0932. The molecule has 0 saturated heterocycles. The van der Waals surface area contributed by atoms with Gasteiger partial charge in [-0.25, -0.2) is 0 Å². The third-order valence-corrected chi connectivity index (χ3v) is 3.96. The highest BCUT2D eigenvalue weighted by Gasteiger charge is 2.25. The van der Waals surface area contributed by atoms with Crippen LogP contribution >= 0.6 is 0 Å². The Kier molecular flexibility index (Phi) is 5.41. The summed E-state index contributed by atoms with van der Waals surface area (Å²) in [5.74, 6) is 6.63. The van der Waals surface area contributed by atoms with Gasteiger partial charge in [0.2, 0.25) is 0 Å². The van der Waals surface area contributed by atoms with Crippen LogP contribution in [0, 0.1) is 24.7 Å². The highest BCUT2D eigenvalue weighted by Crippen LogP contribution is 2.34. The molecule has 3 N–H and O–H groups in total. The van der Waals surface area contributed by atoms with Crippen LogP contribution in [-0.2, 0) is 0 Å². The number of hydrogen-bond donors (Lipinski definition) is 2. The van der Waals surface area contributed by atoms with Gasteiger partial charge in [-0.3, -0.25) is 4.79 Å². The van der Waals surface area contributed by atoms with Crippen molar-refractivity contribution < 1.29 is 4.79 Å². The number of nitrogens with two attached hydrogens (primary N) is 1. The van der Waals surface area contributed by atoms with Gasteiger partial charge < -0.3 is 11.1 Å². The van der Waals surface area contributed by atoms with E-state index in [0.717, 1.165) is 29.9 Å². The summed E-state index contributed by atoms with van der Waals surface area (Å²) in [6, 6.07) is 6.01. The first-order valence-corrected chi connectivity index (χ1v) is 7.74. The van der Waals surface area contributed by atoms with Gasteiger partial charge in [0.1, 0.15) is 0 Å². The van der Waals surface area contributed by atoms with E-state index in [1.165, 1.54) is 12.8 Å². The van der Waals surface area contributed by atoms with Crippen molar-refractivity contribution in [3.63, 3.8) is 0 Å². The molecule has 0 bridgehead atoms.